The van der Waals surface area contributed by atoms with Gasteiger partial charge >= 0.3 is 5.97 Å². The lowest BCUT2D eigenvalue weighted by Crippen LogP contribution is -2.35. The second-order valence-electron chi connectivity index (χ2n) is 6.96. The Hall–Kier alpha value is -1.62. The van der Waals surface area contributed by atoms with Crippen molar-refractivity contribution in [1.29, 1.82) is 0 Å². The highest BCUT2D eigenvalue weighted by Crippen LogP contribution is 2.46. The van der Waals surface area contributed by atoms with E-state index in [4.69, 9.17) is 4.74 Å². The lowest BCUT2D eigenvalue weighted by Gasteiger charge is -2.33. The third kappa shape index (κ3) is 3.66. The second kappa shape index (κ2) is 6.87. The van der Waals surface area contributed by atoms with E-state index in [1.807, 2.05) is 19.1 Å². The Labute approximate surface area is 137 Å². The number of hydrogen-bond donors (Lipinski definition) is 1. The first kappa shape index (κ1) is 16.2. The summed E-state index contributed by atoms with van der Waals surface area (Å²) in [5, 5.41) is 9.64. The summed E-state index contributed by atoms with van der Waals surface area (Å²) in [6.45, 7) is 4.07. The zero-order valence-electron chi connectivity index (χ0n) is 13.8. The van der Waals surface area contributed by atoms with Crippen LogP contribution in [-0.4, -0.2) is 40.2 Å². The van der Waals surface area contributed by atoms with Gasteiger partial charge in [0.1, 0.15) is 6.04 Å². The van der Waals surface area contributed by atoms with Crippen LogP contribution in [0.25, 0.3) is 0 Å². The summed E-state index contributed by atoms with van der Waals surface area (Å²) in [6, 6.07) is 3.51. The summed E-state index contributed by atoms with van der Waals surface area (Å²) in [5.41, 5.74) is 1.29. The molecule has 5 nitrogen and oxygen atoms in total. The van der Waals surface area contributed by atoms with Crippen molar-refractivity contribution < 1.29 is 14.6 Å². The summed E-state index contributed by atoms with van der Waals surface area (Å²) >= 11 is 0. The molecular weight excluding hydrogens is 292 g/mol. The number of aliphatic carboxylic acids is 1. The molecule has 2 aliphatic rings. The number of hydrogen-bond acceptors (Lipinski definition) is 4. The van der Waals surface area contributed by atoms with Crippen molar-refractivity contribution in [3.8, 4) is 5.88 Å². The number of carboxylic acids is 1. The van der Waals surface area contributed by atoms with Crippen LogP contribution in [0.1, 0.15) is 51.0 Å². The summed E-state index contributed by atoms with van der Waals surface area (Å²) < 4.78 is 5.45. The first-order chi connectivity index (χ1) is 11.1. The Kier molecular flexibility index (Phi) is 4.85. The number of pyridine rings is 1. The molecule has 1 spiro atoms. The van der Waals surface area contributed by atoms with Gasteiger partial charge in [0.25, 0.3) is 0 Å². The molecule has 0 radical (unpaired) electrons. The van der Waals surface area contributed by atoms with Crippen LogP contribution in [0.4, 0.5) is 0 Å². The van der Waals surface area contributed by atoms with Gasteiger partial charge in [0, 0.05) is 25.4 Å². The van der Waals surface area contributed by atoms with Crippen LogP contribution in [-0.2, 0) is 11.3 Å². The average molecular weight is 318 g/mol. The summed E-state index contributed by atoms with van der Waals surface area (Å²) in [7, 11) is 0. The van der Waals surface area contributed by atoms with E-state index in [0.29, 0.717) is 19.0 Å². The van der Waals surface area contributed by atoms with Gasteiger partial charge < -0.3 is 9.84 Å². The van der Waals surface area contributed by atoms with Gasteiger partial charge in [-0.1, -0.05) is 19.3 Å². The lowest BCUT2D eigenvalue weighted by molar-refractivity contribution is -0.142. The first-order valence-corrected chi connectivity index (χ1v) is 8.66. The summed E-state index contributed by atoms with van der Waals surface area (Å²) in [5.74, 6) is -0.0741. The number of nitrogens with zero attached hydrogens (tertiary/aromatic N) is 2. The van der Waals surface area contributed by atoms with E-state index in [1.54, 1.807) is 6.20 Å². The Morgan fingerprint density at radius 2 is 2.22 bits per heavy atom. The maximum atomic E-state index is 11.7. The predicted molar refractivity (Wildman–Crippen MR) is 87.4 cm³/mol. The SMILES string of the molecule is CCOc1cc(CN2CC3(CCCCC3)CC2C(=O)O)ccn1. The first-order valence-electron chi connectivity index (χ1n) is 8.66. The monoisotopic (exact) mass is 318 g/mol. The van der Waals surface area contributed by atoms with Gasteiger partial charge in [-0.2, -0.15) is 0 Å². The van der Waals surface area contributed by atoms with Crippen LogP contribution in [0.2, 0.25) is 0 Å². The van der Waals surface area contributed by atoms with Crippen molar-refractivity contribution in [1.82, 2.24) is 9.88 Å². The minimum absolute atomic E-state index is 0.219. The zero-order valence-corrected chi connectivity index (χ0v) is 13.8. The predicted octanol–water partition coefficient (Wildman–Crippen LogP) is 3.09. The molecule has 1 saturated carbocycles. The smallest absolute Gasteiger partial charge is 0.320 e. The topological polar surface area (TPSA) is 62.7 Å². The van der Waals surface area contributed by atoms with Gasteiger partial charge in [-0.15, -0.1) is 0 Å². The third-order valence-corrected chi connectivity index (χ3v) is 5.28. The fourth-order valence-corrected chi connectivity index (χ4v) is 4.23. The molecule has 3 rings (SSSR count). The molecule has 126 valence electrons. The molecular formula is C18H26N2O3. The van der Waals surface area contributed by atoms with Crippen LogP contribution in [0.15, 0.2) is 18.3 Å². The Morgan fingerprint density at radius 3 is 2.91 bits per heavy atom. The van der Waals surface area contributed by atoms with Crippen LogP contribution >= 0.6 is 0 Å². The maximum Gasteiger partial charge on any atom is 0.320 e. The van der Waals surface area contributed by atoms with E-state index in [-0.39, 0.29) is 11.5 Å². The van der Waals surface area contributed by atoms with E-state index in [2.05, 4.69) is 9.88 Å². The molecule has 23 heavy (non-hydrogen) atoms. The fourth-order valence-electron chi connectivity index (χ4n) is 4.23. The van der Waals surface area contributed by atoms with Crippen molar-refractivity contribution >= 4 is 5.97 Å². The van der Waals surface area contributed by atoms with Crippen molar-refractivity contribution in [2.45, 2.75) is 58.0 Å². The highest BCUT2D eigenvalue weighted by Gasteiger charge is 2.46. The van der Waals surface area contributed by atoms with Gasteiger partial charge in [-0.3, -0.25) is 9.69 Å². The average Bonchev–Trinajstić information content (AvgIpc) is 2.87. The molecule has 2 heterocycles. The highest BCUT2D eigenvalue weighted by molar-refractivity contribution is 5.74. The zero-order chi connectivity index (χ0) is 16.3. The van der Waals surface area contributed by atoms with Crippen LogP contribution in [0.3, 0.4) is 0 Å². The van der Waals surface area contributed by atoms with Gasteiger partial charge in [0.05, 0.1) is 6.61 Å². The quantitative estimate of drug-likeness (QED) is 0.904. The van der Waals surface area contributed by atoms with Crippen molar-refractivity contribution in [2.75, 3.05) is 13.2 Å². The van der Waals surface area contributed by atoms with E-state index in [0.717, 1.165) is 18.5 Å². The number of aromatic nitrogens is 1. The van der Waals surface area contributed by atoms with Gasteiger partial charge in [-0.25, -0.2) is 4.98 Å². The second-order valence-corrected chi connectivity index (χ2v) is 6.96. The van der Waals surface area contributed by atoms with Crippen molar-refractivity contribution in [3.05, 3.63) is 23.9 Å². The molecule has 2 fully saturated rings. The minimum Gasteiger partial charge on any atom is -0.480 e. The van der Waals surface area contributed by atoms with E-state index >= 15 is 0 Å². The number of rotatable bonds is 5. The molecule has 1 aliphatic carbocycles. The molecule has 1 unspecified atom stereocenters. The van der Waals surface area contributed by atoms with Crippen molar-refractivity contribution in [3.63, 3.8) is 0 Å². The van der Waals surface area contributed by atoms with Gasteiger partial charge in [0.2, 0.25) is 5.88 Å². The van der Waals surface area contributed by atoms with E-state index in [9.17, 15) is 9.90 Å². The molecule has 1 atom stereocenters. The molecule has 5 heteroatoms. The summed E-state index contributed by atoms with van der Waals surface area (Å²) in [6.07, 6.45) is 8.66. The third-order valence-electron chi connectivity index (χ3n) is 5.28. The molecule has 1 aromatic rings. The Morgan fingerprint density at radius 1 is 1.43 bits per heavy atom. The maximum absolute atomic E-state index is 11.7. The van der Waals surface area contributed by atoms with E-state index in [1.165, 1.54) is 32.1 Å². The normalized spacial score (nSPS) is 24.0. The van der Waals surface area contributed by atoms with Crippen LogP contribution < -0.4 is 4.74 Å². The standard InChI is InChI=1S/C18H26N2O3/c1-2-23-16-10-14(6-9-19-16)12-20-13-18(7-4-3-5-8-18)11-15(20)17(21)22/h6,9-10,15H,2-5,7-8,11-13H2,1H3,(H,21,22). The molecule has 1 N–H and O–H groups in total. The molecule has 0 aromatic carbocycles. The van der Waals surface area contributed by atoms with Crippen molar-refractivity contribution in [2.24, 2.45) is 5.41 Å². The molecule has 1 aliphatic heterocycles. The molecule has 1 aromatic heterocycles. The Balaban J connectivity index is 1.74. The number of likely N-dealkylation sites (tertiary alicyclic amines) is 1. The lowest BCUT2D eigenvalue weighted by atomic mass is 9.73. The molecule has 1 saturated heterocycles. The summed E-state index contributed by atoms with van der Waals surface area (Å²) in [4.78, 5) is 18.0. The number of carboxylic acid groups (broad SMARTS) is 1. The van der Waals surface area contributed by atoms with Gasteiger partial charge in [-0.05, 0) is 43.2 Å². The van der Waals surface area contributed by atoms with Crippen LogP contribution in [0, 0.1) is 5.41 Å². The number of carbonyl (C=O) groups is 1. The Bertz CT molecular complexity index is 555. The van der Waals surface area contributed by atoms with Crippen LogP contribution in [0.5, 0.6) is 5.88 Å². The molecule has 0 amide bonds. The minimum atomic E-state index is -0.688. The number of ether oxygens (including phenoxy) is 1. The van der Waals surface area contributed by atoms with E-state index < -0.39 is 5.97 Å². The highest BCUT2D eigenvalue weighted by atomic mass is 16.5. The van der Waals surface area contributed by atoms with Gasteiger partial charge in [0.15, 0.2) is 0 Å². The molecule has 0 bridgehead atoms. The largest absolute Gasteiger partial charge is 0.480 e. The fraction of sp³-hybridized carbons (Fsp3) is 0.667.